The summed E-state index contributed by atoms with van der Waals surface area (Å²) in [6.45, 7) is 1.96. The lowest BCUT2D eigenvalue weighted by Crippen LogP contribution is -2.47. The Hall–Kier alpha value is -3.91. The fourth-order valence-corrected chi connectivity index (χ4v) is 5.41. The lowest BCUT2D eigenvalue weighted by Gasteiger charge is -2.23. The molecule has 38 heavy (non-hydrogen) atoms. The van der Waals surface area contributed by atoms with Gasteiger partial charge in [0.05, 0.1) is 5.92 Å². The number of nitrogens with one attached hydrogen (secondary N) is 3. The Kier molecular flexibility index (Phi) is 7.89. The van der Waals surface area contributed by atoms with Crippen molar-refractivity contribution in [2.75, 3.05) is 5.32 Å². The number of para-hydroxylation sites is 1. The molecule has 0 spiro atoms. The molecule has 0 unspecified atom stereocenters. The molecule has 0 saturated carbocycles. The number of aromatic amines is 1. The Morgan fingerprint density at radius 1 is 0.816 bits per heavy atom. The Morgan fingerprint density at radius 2 is 1.45 bits per heavy atom. The van der Waals surface area contributed by atoms with Gasteiger partial charge in [-0.2, -0.15) is 0 Å². The van der Waals surface area contributed by atoms with Crippen molar-refractivity contribution in [3.05, 3.63) is 135 Å². The number of benzene rings is 4. The first kappa shape index (κ1) is 25.7. The van der Waals surface area contributed by atoms with Crippen LogP contribution in [0.2, 0.25) is 0 Å². The number of hydrogen-bond acceptors (Lipinski definition) is 2. The van der Waals surface area contributed by atoms with Crippen molar-refractivity contribution in [1.29, 1.82) is 0 Å². The second kappa shape index (κ2) is 11.6. The first-order valence-corrected chi connectivity index (χ1v) is 13.6. The van der Waals surface area contributed by atoms with Gasteiger partial charge in [0.25, 0.3) is 0 Å². The summed E-state index contributed by atoms with van der Waals surface area (Å²) in [6.07, 6.45) is 2.26. The van der Waals surface area contributed by atoms with Gasteiger partial charge in [-0.3, -0.25) is 9.59 Å². The molecule has 0 aliphatic rings. The molecule has 2 amide bonds. The topological polar surface area (TPSA) is 74.0 Å². The molecular weight excluding hydrogens is 585 g/mol. The van der Waals surface area contributed by atoms with Crippen LogP contribution in [0.1, 0.15) is 28.2 Å². The van der Waals surface area contributed by atoms with Crippen LogP contribution in [0.4, 0.5) is 5.69 Å². The monoisotopic (exact) mass is 613 g/mol. The summed E-state index contributed by atoms with van der Waals surface area (Å²) in [4.78, 5) is 30.9. The zero-order valence-corrected chi connectivity index (χ0v) is 23.1. The van der Waals surface area contributed by atoms with Crippen molar-refractivity contribution in [3.63, 3.8) is 0 Å². The van der Waals surface area contributed by atoms with Crippen LogP contribution in [0.15, 0.2) is 109 Å². The first-order chi connectivity index (χ1) is 18.5. The fourth-order valence-electron chi connectivity index (χ4n) is 4.76. The molecular formula is C32H28IN3O2. The summed E-state index contributed by atoms with van der Waals surface area (Å²) in [6, 6.07) is 32.4. The fraction of sp³-hybridized carbons (Fsp3) is 0.125. The van der Waals surface area contributed by atoms with Crippen LogP contribution < -0.4 is 10.6 Å². The van der Waals surface area contributed by atoms with Crippen LogP contribution in [-0.4, -0.2) is 22.8 Å². The molecule has 6 heteroatoms. The van der Waals surface area contributed by atoms with Crippen LogP contribution in [0, 0.1) is 10.5 Å². The van der Waals surface area contributed by atoms with Crippen LogP contribution in [0.5, 0.6) is 0 Å². The smallest absolute Gasteiger partial charge is 0.247 e. The van der Waals surface area contributed by atoms with E-state index in [2.05, 4.69) is 38.2 Å². The third-order valence-corrected chi connectivity index (χ3v) is 7.38. The maximum atomic E-state index is 13.9. The van der Waals surface area contributed by atoms with Gasteiger partial charge in [-0.05, 0) is 76.0 Å². The molecule has 0 aliphatic heterocycles. The largest absolute Gasteiger partial charge is 0.361 e. The van der Waals surface area contributed by atoms with Crippen LogP contribution in [0.25, 0.3) is 10.9 Å². The molecule has 5 aromatic rings. The number of aromatic nitrogens is 1. The molecule has 3 N–H and O–H groups in total. The van der Waals surface area contributed by atoms with E-state index in [4.69, 9.17) is 0 Å². The Labute approximate surface area is 235 Å². The molecule has 0 saturated heterocycles. The van der Waals surface area contributed by atoms with Crippen molar-refractivity contribution in [1.82, 2.24) is 10.3 Å². The van der Waals surface area contributed by atoms with E-state index in [1.54, 1.807) is 0 Å². The number of aryl methyl sites for hydroxylation is 1. The molecule has 0 radical (unpaired) electrons. The van der Waals surface area contributed by atoms with Crippen molar-refractivity contribution < 1.29 is 9.59 Å². The van der Waals surface area contributed by atoms with E-state index in [1.165, 1.54) is 0 Å². The van der Waals surface area contributed by atoms with Crippen molar-refractivity contribution in [3.8, 4) is 0 Å². The van der Waals surface area contributed by atoms with Gasteiger partial charge in [-0.15, -0.1) is 0 Å². The zero-order valence-electron chi connectivity index (χ0n) is 20.9. The summed E-state index contributed by atoms with van der Waals surface area (Å²) in [5, 5.41) is 7.19. The highest BCUT2D eigenvalue weighted by atomic mass is 127. The molecule has 0 aliphatic carbocycles. The van der Waals surface area contributed by atoms with E-state index >= 15 is 0 Å². The molecule has 190 valence electrons. The van der Waals surface area contributed by atoms with Crippen molar-refractivity contribution in [2.45, 2.75) is 25.3 Å². The van der Waals surface area contributed by atoms with Gasteiger partial charge in [0.2, 0.25) is 11.8 Å². The van der Waals surface area contributed by atoms with E-state index in [1.807, 2.05) is 116 Å². The average molecular weight is 613 g/mol. The Balaban J connectivity index is 1.48. The van der Waals surface area contributed by atoms with Gasteiger partial charge in [-0.25, -0.2) is 0 Å². The molecule has 5 nitrogen and oxygen atoms in total. The number of amides is 2. The second-order valence-electron chi connectivity index (χ2n) is 9.33. The highest BCUT2D eigenvalue weighted by Gasteiger charge is 2.29. The average Bonchev–Trinajstić information content (AvgIpc) is 3.34. The predicted molar refractivity (Wildman–Crippen MR) is 161 cm³/mol. The lowest BCUT2D eigenvalue weighted by atomic mass is 9.90. The summed E-state index contributed by atoms with van der Waals surface area (Å²) in [5.74, 6) is -1.02. The zero-order chi connectivity index (χ0) is 26.5. The molecule has 0 fully saturated rings. The number of fused-ring (bicyclic) bond motifs is 1. The van der Waals surface area contributed by atoms with Gasteiger partial charge < -0.3 is 15.6 Å². The number of carbonyl (C=O) groups excluding carboxylic acids is 2. The number of carbonyl (C=O) groups is 2. The van der Waals surface area contributed by atoms with Crippen LogP contribution in [-0.2, 0) is 16.0 Å². The maximum Gasteiger partial charge on any atom is 0.247 e. The molecule has 1 atom stereocenters. The highest BCUT2D eigenvalue weighted by molar-refractivity contribution is 14.1. The van der Waals surface area contributed by atoms with E-state index in [-0.39, 0.29) is 11.8 Å². The van der Waals surface area contributed by atoms with Crippen LogP contribution >= 0.6 is 22.6 Å². The standard InChI is InChI=1S/C32H28IN3O2/c1-21-18-25(33)16-17-27(21)35-31(37)29(19-24-20-34-28-15-9-8-14-26(24)28)36-32(38)30(22-10-4-2-5-11-22)23-12-6-3-7-13-23/h2-18,20,29-30,34H,19H2,1H3,(H,35,37)(H,36,38)/t29-/m0/s1. The number of rotatable bonds is 8. The number of hydrogen-bond donors (Lipinski definition) is 3. The summed E-state index contributed by atoms with van der Waals surface area (Å²) >= 11 is 2.25. The maximum absolute atomic E-state index is 13.9. The minimum Gasteiger partial charge on any atom is -0.361 e. The molecule has 1 heterocycles. The molecule has 1 aromatic heterocycles. The number of anilines is 1. The number of H-pyrrole nitrogens is 1. The lowest BCUT2D eigenvalue weighted by molar-refractivity contribution is -0.126. The van der Waals surface area contributed by atoms with E-state index in [0.29, 0.717) is 6.42 Å². The third-order valence-electron chi connectivity index (χ3n) is 6.71. The minimum absolute atomic E-state index is 0.221. The van der Waals surface area contributed by atoms with Gasteiger partial charge in [0, 0.05) is 32.8 Å². The van der Waals surface area contributed by atoms with Gasteiger partial charge in [0.15, 0.2) is 0 Å². The van der Waals surface area contributed by atoms with Gasteiger partial charge in [0.1, 0.15) is 6.04 Å². The van der Waals surface area contributed by atoms with Gasteiger partial charge >= 0.3 is 0 Å². The molecule has 4 aromatic carbocycles. The van der Waals surface area contributed by atoms with Crippen LogP contribution in [0.3, 0.4) is 0 Å². The summed E-state index contributed by atoms with van der Waals surface area (Å²) < 4.78 is 1.09. The van der Waals surface area contributed by atoms with Crippen molar-refractivity contribution in [2.24, 2.45) is 0 Å². The first-order valence-electron chi connectivity index (χ1n) is 12.5. The Morgan fingerprint density at radius 3 is 2.11 bits per heavy atom. The highest BCUT2D eigenvalue weighted by Crippen LogP contribution is 2.26. The van der Waals surface area contributed by atoms with Crippen molar-refractivity contribution >= 4 is 51.0 Å². The second-order valence-corrected chi connectivity index (χ2v) is 10.6. The van der Waals surface area contributed by atoms with E-state index in [0.717, 1.165) is 42.4 Å². The van der Waals surface area contributed by atoms with E-state index < -0.39 is 12.0 Å². The van der Waals surface area contributed by atoms with E-state index in [9.17, 15) is 9.59 Å². The number of halogens is 1. The predicted octanol–water partition coefficient (Wildman–Crippen LogP) is 6.58. The molecule has 0 bridgehead atoms. The normalized spacial score (nSPS) is 11.9. The minimum atomic E-state index is -0.782. The Bertz CT molecular complexity index is 1520. The summed E-state index contributed by atoms with van der Waals surface area (Å²) in [7, 11) is 0. The quantitative estimate of drug-likeness (QED) is 0.173. The molecule has 5 rings (SSSR count). The van der Waals surface area contributed by atoms with Gasteiger partial charge in [-0.1, -0.05) is 78.9 Å². The third kappa shape index (κ3) is 5.81. The summed E-state index contributed by atoms with van der Waals surface area (Å²) in [5.41, 5.74) is 5.40. The SMILES string of the molecule is Cc1cc(I)ccc1NC(=O)[C@H](Cc1c[nH]c2ccccc12)NC(=O)C(c1ccccc1)c1ccccc1.